The van der Waals surface area contributed by atoms with E-state index < -0.39 is 0 Å². The first-order chi connectivity index (χ1) is 12.7. The lowest BCUT2D eigenvalue weighted by atomic mass is 10.1. The molecule has 2 aromatic carbocycles. The van der Waals surface area contributed by atoms with Gasteiger partial charge in [0.25, 0.3) is 5.91 Å². The van der Waals surface area contributed by atoms with Gasteiger partial charge in [-0.2, -0.15) is 0 Å². The topological polar surface area (TPSA) is 56.1 Å². The van der Waals surface area contributed by atoms with Gasteiger partial charge in [0.15, 0.2) is 6.61 Å². The third-order valence-electron chi connectivity index (χ3n) is 4.58. The Morgan fingerprint density at radius 3 is 2.69 bits per heavy atom. The van der Waals surface area contributed by atoms with Crippen LogP contribution in [0.2, 0.25) is 0 Å². The normalized spacial score (nSPS) is 12.7. The molecule has 0 spiro atoms. The number of aromatic nitrogens is 2. The average molecular weight is 347 g/mol. The molecular formula is C21H21N3O2. The molecule has 5 nitrogen and oxygen atoms in total. The van der Waals surface area contributed by atoms with Crippen LogP contribution in [0.25, 0.3) is 11.3 Å². The van der Waals surface area contributed by atoms with Gasteiger partial charge in [-0.3, -0.25) is 4.79 Å². The largest absolute Gasteiger partial charge is 0.484 e. The molecular weight excluding hydrogens is 326 g/mol. The Hall–Kier alpha value is -3.08. The number of amides is 1. The molecule has 2 heterocycles. The number of benzene rings is 2. The van der Waals surface area contributed by atoms with Crippen molar-refractivity contribution in [1.29, 1.82) is 0 Å². The number of anilines is 1. The van der Waals surface area contributed by atoms with Crippen molar-refractivity contribution >= 4 is 11.6 Å². The lowest BCUT2D eigenvalue weighted by molar-refractivity contribution is -0.118. The van der Waals surface area contributed by atoms with Gasteiger partial charge in [-0.1, -0.05) is 29.8 Å². The number of carbonyl (C=O) groups is 1. The summed E-state index contributed by atoms with van der Waals surface area (Å²) in [6.07, 6.45) is 4.14. The molecule has 1 aliphatic rings. The van der Waals surface area contributed by atoms with Crippen LogP contribution in [0.15, 0.2) is 54.7 Å². The molecule has 1 aliphatic heterocycles. The minimum absolute atomic E-state index is 0.0130. The summed E-state index contributed by atoms with van der Waals surface area (Å²) < 4.78 is 7.77. The fourth-order valence-corrected chi connectivity index (χ4v) is 3.19. The molecule has 0 fully saturated rings. The van der Waals surface area contributed by atoms with E-state index in [0.717, 1.165) is 47.7 Å². The first-order valence-corrected chi connectivity index (χ1v) is 8.83. The van der Waals surface area contributed by atoms with E-state index in [0.29, 0.717) is 5.75 Å². The van der Waals surface area contributed by atoms with Crippen molar-refractivity contribution < 1.29 is 9.53 Å². The summed E-state index contributed by atoms with van der Waals surface area (Å²) in [6.45, 7) is 3.03. The maximum absolute atomic E-state index is 12.1. The van der Waals surface area contributed by atoms with Gasteiger partial charge in [0, 0.05) is 18.7 Å². The average Bonchev–Trinajstić information content (AvgIpc) is 3.26. The van der Waals surface area contributed by atoms with Crippen LogP contribution >= 0.6 is 0 Å². The maximum Gasteiger partial charge on any atom is 0.262 e. The molecule has 0 aliphatic carbocycles. The van der Waals surface area contributed by atoms with Crippen molar-refractivity contribution in [1.82, 2.24) is 9.55 Å². The molecule has 1 amide bonds. The molecule has 0 bridgehead atoms. The lowest BCUT2D eigenvalue weighted by Gasteiger charge is -2.09. The van der Waals surface area contributed by atoms with Crippen molar-refractivity contribution in [3.05, 3.63) is 66.1 Å². The Morgan fingerprint density at radius 2 is 1.92 bits per heavy atom. The molecule has 5 heteroatoms. The first kappa shape index (κ1) is 16.4. The fraction of sp³-hybridized carbons (Fsp3) is 0.238. The van der Waals surface area contributed by atoms with Crippen LogP contribution in [-0.2, 0) is 17.8 Å². The number of nitrogens with zero attached hydrogens (tertiary/aromatic N) is 2. The number of hydrogen-bond donors (Lipinski definition) is 1. The Morgan fingerprint density at radius 1 is 1.15 bits per heavy atom. The second-order valence-electron chi connectivity index (χ2n) is 6.54. The number of fused-ring (bicyclic) bond motifs is 1. The molecule has 0 unspecified atom stereocenters. The zero-order chi connectivity index (χ0) is 17.9. The lowest BCUT2D eigenvalue weighted by Crippen LogP contribution is -2.20. The number of rotatable bonds is 5. The van der Waals surface area contributed by atoms with Crippen molar-refractivity contribution in [3.8, 4) is 17.0 Å². The number of hydrogen-bond acceptors (Lipinski definition) is 3. The van der Waals surface area contributed by atoms with Gasteiger partial charge in [-0.05, 0) is 43.2 Å². The number of nitrogens with one attached hydrogen (secondary N) is 1. The highest BCUT2D eigenvalue weighted by Crippen LogP contribution is 2.26. The highest BCUT2D eigenvalue weighted by atomic mass is 16.5. The fourth-order valence-electron chi connectivity index (χ4n) is 3.19. The summed E-state index contributed by atoms with van der Waals surface area (Å²) in [7, 11) is 0. The van der Waals surface area contributed by atoms with Gasteiger partial charge in [0.05, 0.1) is 11.9 Å². The van der Waals surface area contributed by atoms with E-state index in [-0.39, 0.29) is 12.5 Å². The monoisotopic (exact) mass is 347 g/mol. The Kier molecular flexibility index (Phi) is 4.44. The molecule has 1 N–H and O–H groups in total. The second kappa shape index (κ2) is 7.04. The summed E-state index contributed by atoms with van der Waals surface area (Å²) in [5.41, 5.74) is 4.16. The van der Waals surface area contributed by atoms with E-state index >= 15 is 0 Å². The van der Waals surface area contributed by atoms with Crippen molar-refractivity contribution in [3.63, 3.8) is 0 Å². The van der Waals surface area contributed by atoms with E-state index in [1.54, 1.807) is 0 Å². The Labute approximate surface area is 152 Å². The van der Waals surface area contributed by atoms with Crippen molar-refractivity contribution in [2.75, 3.05) is 11.9 Å². The maximum atomic E-state index is 12.1. The molecule has 1 aromatic heterocycles. The molecule has 0 saturated carbocycles. The third-order valence-corrected chi connectivity index (χ3v) is 4.58. The van der Waals surface area contributed by atoms with E-state index in [1.807, 2.05) is 61.7 Å². The van der Waals surface area contributed by atoms with Crippen LogP contribution in [0.1, 0.15) is 17.8 Å². The van der Waals surface area contributed by atoms with Gasteiger partial charge >= 0.3 is 0 Å². The van der Waals surface area contributed by atoms with E-state index in [9.17, 15) is 4.79 Å². The summed E-state index contributed by atoms with van der Waals surface area (Å²) in [6, 6.07) is 15.5. The molecule has 26 heavy (non-hydrogen) atoms. The Balaban J connectivity index is 1.36. The zero-order valence-electron chi connectivity index (χ0n) is 14.7. The standard InChI is InChI=1S/C21H21N3O2/c1-15-4-10-18(11-5-15)26-14-21(25)23-17-8-6-16(7-9-17)19-13-22-20-3-2-12-24(19)20/h4-11,13H,2-3,12,14H2,1H3,(H,23,25). The number of carbonyl (C=O) groups excluding carboxylic acids is 1. The molecule has 0 saturated heterocycles. The van der Waals surface area contributed by atoms with E-state index in [1.165, 1.54) is 0 Å². The summed E-state index contributed by atoms with van der Waals surface area (Å²) in [5.74, 6) is 1.67. The van der Waals surface area contributed by atoms with Crippen LogP contribution in [0.4, 0.5) is 5.69 Å². The van der Waals surface area contributed by atoms with Gasteiger partial charge in [0.2, 0.25) is 0 Å². The minimum atomic E-state index is -0.177. The van der Waals surface area contributed by atoms with Gasteiger partial charge in [0.1, 0.15) is 11.6 Å². The van der Waals surface area contributed by atoms with Crippen LogP contribution in [0.3, 0.4) is 0 Å². The predicted molar refractivity (Wildman–Crippen MR) is 101 cm³/mol. The first-order valence-electron chi connectivity index (χ1n) is 8.83. The number of imidazole rings is 1. The van der Waals surface area contributed by atoms with Gasteiger partial charge < -0.3 is 14.6 Å². The smallest absolute Gasteiger partial charge is 0.262 e. The van der Waals surface area contributed by atoms with Crippen LogP contribution < -0.4 is 10.1 Å². The molecule has 3 aromatic rings. The van der Waals surface area contributed by atoms with E-state index in [2.05, 4.69) is 14.9 Å². The van der Waals surface area contributed by atoms with E-state index in [4.69, 9.17) is 4.74 Å². The van der Waals surface area contributed by atoms with Crippen molar-refractivity contribution in [2.45, 2.75) is 26.3 Å². The number of ether oxygens (including phenoxy) is 1. The van der Waals surface area contributed by atoms with Crippen LogP contribution in [0.5, 0.6) is 5.75 Å². The second-order valence-corrected chi connectivity index (χ2v) is 6.54. The highest BCUT2D eigenvalue weighted by Gasteiger charge is 2.16. The molecule has 132 valence electrons. The number of aryl methyl sites for hydroxylation is 2. The summed E-state index contributed by atoms with van der Waals surface area (Å²) >= 11 is 0. The SMILES string of the molecule is Cc1ccc(OCC(=O)Nc2ccc(-c3cnc4n3CCC4)cc2)cc1. The third kappa shape index (κ3) is 3.47. The van der Waals surface area contributed by atoms with Crippen LogP contribution in [0, 0.1) is 6.92 Å². The molecule has 0 atom stereocenters. The summed E-state index contributed by atoms with van der Waals surface area (Å²) in [5, 5.41) is 2.86. The van der Waals surface area contributed by atoms with Gasteiger partial charge in [-0.15, -0.1) is 0 Å². The summed E-state index contributed by atoms with van der Waals surface area (Å²) in [4.78, 5) is 16.5. The molecule has 4 rings (SSSR count). The predicted octanol–water partition coefficient (Wildman–Crippen LogP) is 3.82. The Bertz CT molecular complexity index is 911. The highest BCUT2D eigenvalue weighted by molar-refractivity contribution is 5.92. The van der Waals surface area contributed by atoms with Gasteiger partial charge in [-0.25, -0.2) is 4.98 Å². The quantitative estimate of drug-likeness (QED) is 0.763. The zero-order valence-corrected chi connectivity index (χ0v) is 14.7. The minimum Gasteiger partial charge on any atom is -0.484 e. The molecule has 0 radical (unpaired) electrons. The van der Waals surface area contributed by atoms with Crippen molar-refractivity contribution in [2.24, 2.45) is 0 Å². The van der Waals surface area contributed by atoms with Crippen LogP contribution in [-0.4, -0.2) is 22.1 Å².